The van der Waals surface area contributed by atoms with E-state index < -0.39 is 0 Å². The molecule has 0 bridgehead atoms. The van der Waals surface area contributed by atoms with Crippen molar-refractivity contribution in [2.24, 2.45) is 0 Å². The second-order valence-electron chi connectivity index (χ2n) is 7.92. The van der Waals surface area contributed by atoms with E-state index in [-0.39, 0.29) is 0 Å². The lowest BCUT2D eigenvalue weighted by Gasteiger charge is -2.33. The van der Waals surface area contributed by atoms with Crippen LogP contribution in [0.4, 0.5) is 0 Å². The molecule has 0 amide bonds. The minimum absolute atomic E-state index is 0.385. The monoisotopic (exact) mass is 405 g/mol. The molecule has 2 aliphatic heterocycles. The molecule has 148 valence electrons. The largest absolute Gasteiger partial charge is 0.493 e. The Kier molecular flexibility index (Phi) is 5.21. The molecule has 5 rings (SSSR count). The van der Waals surface area contributed by atoms with Gasteiger partial charge in [-0.3, -0.25) is 4.90 Å². The van der Waals surface area contributed by atoms with Crippen LogP contribution in [-0.4, -0.2) is 34.6 Å². The van der Waals surface area contributed by atoms with E-state index in [1.165, 1.54) is 17.5 Å². The predicted octanol–water partition coefficient (Wildman–Crippen LogP) is 5.11. The Morgan fingerprint density at radius 3 is 3.00 bits per heavy atom. The molecule has 1 fully saturated rings. The standard InChI is InChI=1S/C24H24ClN3O/c25-22-6-2-1-5-20(22)21-13-26-16-27-24(21)19-4-3-10-28(15-19)14-17-7-8-23-18(12-17)9-11-29-23/h1-2,5-8,12-13,16,19H,3-4,9-11,14-15H2. The van der Waals surface area contributed by atoms with Gasteiger partial charge in [-0.1, -0.05) is 41.9 Å². The first-order valence-corrected chi connectivity index (χ1v) is 10.7. The Balaban J connectivity index is 1.37. The van der Waals surface area contributed by atoms with E-state index in [1.807, 2.05) is 24.4 Å². The molecule has 0 saturated carbocycles. The molecular weight excluding hydrogens is 382 g/mol. The summed E-state index contributed by atoms with van der Waals surface area (Å²) in [7, 11) is 0. The van der Waals surface area contributed by atoms with Crippen molar-refractivity contribution in [3.05, 3.63) is 76.8 Å². The van der Waals surface area contributed by atoms with Gasteiger partial charge in [0.05, 0.1) is 12.3 Å². The first-order chi connectivity index (χ1) is 14.3. The molecule has 29 heavy (non-hydrogen) atoms. The molecule has 0 N–H and O–H groups in total. The van der Waals surface area contributed by atoms with Crippen LogP contribution in [0.5, 0.6) is 5.75 Å². The maximum absolute atomic E-state index is 6.48. The molecule has 1 atom stereocenters. The van der Waals surface area contributed by atoms with Crippen molar-refractivity contribution in [1.29, 1.82) is 0 Å². The number of likely N-dealkylation sites (tertiary alicyclic amines) is 1. The number of fused-ring (bicyclic) bond motifs is 1. The summed E-state index contributed by atoms with van der Waals surface area (Å²) >= 11 is 6.48. The predicted molar refractivity (Wildman–Crippen MR) is 115 cm³/mol. The first-order valence-electron chi connectivity index (χ1n) is 10.3. The fourth-order valence-corrected chi connectivity index (χ4v) is 4.81. The number of benzene rings is 2. The van der Waals surface area contributed by atoms with Crippen LogP contribution >= 0.6 is 11.6 Å². The van der Waals surface area contributed by atoms with E-state index in [1.54, 1.807) is 6.33 Å². The van der Waals surface area contributed by atoms with Crippen LogP contribution in [0.15, 0.2) is 55.0 Å². The average Bonchev–Trinajstić information content (AvgIpc) is 3.22. The molecule has 1 unspecified atom stereocenters. The van der Waals surface area contributed by atoms with Gasteiger partial charge in [0, 0.05) is 47.8 Å². The van der Waals surface area contributed by atoms with Crippen molar-refractivity contribution in [3.8, 4) is 16.9 Å². The molecule has 0 spiro atoms. The number of piperidine rings is 1. The third-order valence-corrected chi connectivity index (χ3v) is 6.29. The number of aromatic nitrogens is 2. The zero-order valence-electron chi connectivity index (χ0n) is 16.4. The quantitative estimate of drug-likeness (QED) is 0.604. The lowest BCUT2D eigenvalue weighted by molar-refractivity contribution is 0.198. The van der Waals surface area contributed by atoms with Gasteiger partial charge in [-0.05, 0) is 42.6 Å². The van der Waals surface area contributed by atoms with Gasteiger partial charge in [0.1, 0.15) is 12.1 Å². The summed E-state index contributed by atoms with van der Waals surface area (Å²) < 4.78 is 5.64. The summed E-state index contributed by atoms with van der Waals surface area (Å²) in [5.74, 6) is 1.44. The van der Waals surface area contributed by atoms with E-state index in [4.69, 9.17) is 21.3 Å². The summed E-state index contributed by atoms with van der Waals surface area (Å²) in [4.78, 5) is 11.5. The van der Waals surface area contributed by atoms with Gasteiger partial charge in [0.2, 0.25) is 0 Å². The smallest absolute Gasteiger partial charge is 0.122 e. The number of halogens is 1. The number of rotatable bonds is 4. The Morgan fingerprint density at radius 1 is 1.14 bits per heavy atom. The number of nitrogens with zero attached hydrogens (tertiary/aromatic N) is 3. The average molecular weight is 406 g/mol. The van der Waals surface area contributed by atoms with E-state index in [0.717, 1.165) is 66.7 Å². The first kappa shape index (κ1) is 18.6. The summed E-state index contributed by atoms with van der Waals surface area (Å²) in [6.07, 6.45) is 6.90. The van der Waals surface area contributed by atoms with Crippen LogP contribution in [0.1, 0.15) is 35.6 Å². The van der Waals surface area contributed by atoms with Crippen LogP contribution in [-0.2, 0) is 13.0 Å². The van der Waals surface area contributed by atoms with Crippen LogP contribution in [0, 0.1) is 0 Å². The lowest BCUT2D eigenvalue weighted by atomic mass is 9.89. The summed E-state index contributed by atoms with van der Waals surface area (Å²) in [6, 6.07) is 14.6. The number of ether oxygens (including phenoxy) is 1. The Hall–Kier alpha value is -2.43. The van der Waals surface area contributed by atoms with Crippen molar-refractivity contribution in [3.63, 3.8) is 0 Å². The summed E-state index contributed by atoms with van der Waals surface area (Å²) in [5, 5.41) is 0.747. The highest BCUT2D eigenvalue weighted by molar-refractivity contribution is 6.33. The second-order valence-corrected chi connectivity index (χ2v) is 8.32. The molecule has 1 saturated heterocycles. The zero-order valence-corrected chi connectivity index (χ0v) is 17.1. The zero-order chi connectivity index (χ0) is 19.6. The number of hydrogen-bond acceptors (Lipinski definition) is 4. The molecule has 2 aromatic carbocycles. The van der Waals surface area contributed by atoms with Gasteiger partial charge in [-0.2, -0.15) is 0 Å². The van der Waals surface area contributed by atoms with Gasteiger partial charge in [0.25, 0.3) is 0 Å². The summed E-state index contributed by atoms with van der Waals surface area (Å²) in [6.45, 7) is 3.90. The van der Waals surface area contributed by atoms with E-state index in [9.17, 15) is 0 Å². The third kappa shape index (κ3) is 3.87. The van der Waals surface area contributed by atoms with Crippen molar-refractivity contribution in [2.45, 2.75) is 31.7 Å². The van der Waals surface area contributed by atoms with Crippen LogP contribution in [0.3, 0.4) is 0 Å². The van der Waals surface area contributed by atoms with Crippen LogP contribution in [0.25, 0.3) is 11.1 Å². The summed E-state index contributed by atoms with van der Waals surface area (Å²) in [5.41, 5.74) is 5.89. The second kappa shape index (κ2) is 8.13. The van der Waals surface area contributed by atoms with Crippen LogP contribution in [0.2, 0.25) is 5.02 Å². The number of hydrogen-bond donors (Lipinski definition) is 0. The van der Waals surface area contributed by atoms with Gasteiger partial charge >= 0.3 is 0 Å². The molecule has 1 aromatic heterocycles. The minimum atomic E-state index is 0.385. The van der Waals surface area contributed by atoms with Crippen molar-refractivity contribution < 1.29 is 4.74 Å². The Bertz CT molecular complexity index is 1020. The van der Waals surface area contributed by atoms with Gasteiger partial charge in [0.15, 0.2) is 0 Å². The third-order valence-electron chi connectivity index (χ3n) is 5.96. The highest BCUT2D eigenvalue weighted by atomic mass is 35.5. The normalized spacial score (nSPS) is 19.0. The molecule has 0 radical (unpaired) electrons. The Morgan fingerprint density at radius 2 is 2.07 bits per heavy atom. The highest BCUT2D eigenvalue weighted by Gasteiger charge is 2.26. The molecule has 5 heteroatoms. The molecule has 4 nitrogen and oxygen atoms in total. The minimum Gasteiger partial charge on any atom is -0.493 e. The topological polar surface area (TPSA) is 38.2 Å². The molecule has 0 aliphatic carbocycles. The van der Waals surface area contributed by atoms with E-state index >= 15 is 0 Å². The molecule has 3 heterocycles. The SMILES string of the molecule is Clc1ccccc1-c1cncnc1C1CCCN(Cc2ccc3c(c2)CCO3)C1. The lowest BCUT2D eigenvalue weighted by Crippen LogP contribution is -2.34. The molecule has 3 aromatic rings. The molecule has 2 aliphatic rings. The maximum atomic E-state index is 6.48. The maximum Gasteiger partial charge on any atom is 0.122 e. The fourth-order valence-electron chi connectivity index (χ4n) is 4.57. The van der Waals surface area contributed by atoms with Crippen LogP contribution < -0.4 is 4.74 Å². The molecular formula is C24H24ClN3O. The van der Waals surface area contributed by atoms with Gasteiger partial charge < -0.3 is 4.74 Å². The fraction of sp³-hybridized carbons (Fsp3) is 0.333. The Labute approximate surface area is 176 Å². The van der Waals surface area contributed by atoms with Gasteiger partial charge in [-0.15, -0.1) is 0 Å². The van der Waals surface area contributed by atoms with Crippen molar-refractivity contribution in [2.75, 3.05) is 19.7 Å². The van der Waals surface area contributed by atoms with Crippen molar-refractivity contribution in [1.82, 2.24) is 14.9 Å². The van der Waals surface area contributed by atoms with E-state index in [0.29, 0.717) is 5.92 Å². The van der Waals surface area contributed by atoms with Gasteiger partial charge in [-0.25, -0.2) is 9.97 Å². The highest BCUT2D eigenvalue weighted by Crippen LogP contribution is 2.36. The van der Waals surface area contributed by atoms with E-state index in [2.05, 4.69) is 34.1 Å². The van der Waals surface area contributed by atoms with Crippen molar-refractivity contribution >= 4 is 11.6 Å².